The number of rotatable bonds is 8. The van der Waals surface area contributed by atoms with Gasteiger partial charge in [-0.25, -0.2) is 0 Å². The molecule has 2 N–H and O–H groups in total. The molecule has 144 valence electrons. The molecule has 0 aromatic heterocycles. The van der Waals surface area contributed by atoms with Gasteiger partial charge in [-0.05, 0) is 63.3 Å². The Kier molecular flexibility index (Phi) is 7.18. The van der Waals surface area contributed by atoms with E-state index in [1.54, 1.807) is 0 Å². The van der Waals surface area contributed by atoms with Crippen molar-refractivity contribution in [2.75, 3.05) is 57.3 Å². The molecule has 1 heterocycles. The van der Waals surface area contributed by atoms with Crippen molar-refractivity contribution >= 4 is 11.6 Å². The van der Waals surface area contributed by atoms with Gasteiger partial charge in [-0.1, -0.05) is 12.1 Å². The lowest BCUT2D eigenvalue weighted by Gasteiger charge is -2.36. The summed E-state index contributed by atoms with van der Waals surface area (Å²) in [5.41, 5.74) is 2.71. The smallest absolute Gasteiger partial charge is 0.191 e. The molecule has 0 spiro atoms. The summed E-state index contributed by atoms with van der Waals surface area (Å²) in [7, 11) is 0. The van der Waals surface area contributed by atoms with Crippen LogP contribution in [0.5, 0.6) is 0 Å². The number of hydrogen-bond donors (Lipinski definition) is 2. The predicted molar refractivity (Wildman–Crippen MR) is 111 cm³/mol. The van der Waals surface area contributed by atoms with Crippen molar-refractivity contribution in [1.29, 1.82) is 0 Å². The van der Waals surface area contributed by atoms with Crippen molar-refractivity contribution in [3.05, 3.63) is 29.8 Å². The van der Waals surface area contributed by atoms with Crippen molar-refractivity contribution in [1.82, 2.24) is 15.5 Å². The first-order valence-electron chi connectivity index (χ1n) is 10.3. The van der Waals surface area contributed by atoms with Gasteiger partial charge in [0.25, 0.3) is 0 Å². The maximum atomic E-state index is 4.68. The quantitative estimate of drug-likeness (QED) is 0.426. The molecule has 5 nitrogen and oxygen atoms in total. The van der Waals surface area contributed by atoms with Crippen molar-refractivity contribution in [2.24, 2.45) is 10.9 Å². The maximum absolute atomic E-state index is 4.68. The van der Waals surface area contributed by atoms with Gasteiger partial charge in [0, 0.05) is 51.5 Å². The minimum atomic E-state index is 0.843. The zero-order chi connectivity index (χ0) is 18.2. The second kappa shape index (κ2) is 9.81. The molecule has 1 saturated carbocycles. The first-order valence-corrected chi connectivity index (χ1v) is 10.3. The molecule has 0 radical (unpaired) electrons. The third-order valence-electron chi connectivity index (χ3n) is 5.23. The number of anilines is 1. The van der Waals surface area contributed by atoms with Crippen LogP contribution < -0.4 is 15.5 Å². The Morgan fingerprint density at radius 1 is 1.15 bits per heavy atom. The lowest BCUT2D eigenvalue weighted by Crippen LogP contribution is -2.47. The second-order valence-electron chi connectivity index (χ2n) is 7.61. The molecule has 1 aliphatic carbocycles. The number of benzene rings is 1. The van der Waals surface area contributed by atoms with Gasteiger partial charge >= 0.3 is 0 Å². The van der Waals surface area contributed by atoms with E-state index in [0.717, 1.165) is 70.7 Å². The maximum Gasteiger partial charge on any atom is 0.191 e. The Labute approximate surface area is 158 Å². The summed E-state index contributed by atoms with van der Waals surface area (Å²) in [5.74, 6) is 1.83. The topological polar surface area (TPSA) is 42.9 Å². The molecule has 1 aromatic rings. The molecule has 1 aromatic carbocycles. The summed E-state index contributed by atoms with van der Waals surface area (Å²) in [6.45, 7) is 12.9. The fourth-order valence-corrected chi connectivity index (χ4v) is 3.43. The van der Waals surface area contributed by atoms with E-state index in [1.807, 2.05) is 0 Å². The van der Waals surface area contributed by atoms with Crippen LogP contribution in [-0.4, -0.2) is 63.2 Å². The first kappa shape index (κ1) is 19.0. The normalized spacial score (nSPS) is 18.8. The molecule has 0 unspecified atom stereocenters. The van der Waals surface area contributed by atoms with Gasteiger partial charge in [-0.15, -0.1) is 0 Å². The summed E-state index contributed by atoms with van der Waals surface area (Å²) in [6.07, 6.45) is 3.88. The molecule has 2 fully saturated rings. The van der Waals surface area contributed by atoms with Crippen LogP contribution in [0.4, 0.5) is 5.69 Å². The lowest BCUT2D eigenvalue weighted by atomic mass is 10.2. The standard InChI is InChI=1S/C21H35N5/c1-3-22-21(24-17-19-8-9-19)23-10-5-11-25-12-14-26(15-13-25)20-7-4-6-18(2)16-20/h4,6-7,16,19H,3,5,8-15,17H2,1-2H3,(H2,22,23,24). The number of aliphatic imine (C=N–C) groups is 1. The number of guanidine groups is 1. The van der Waals surface area contributed by atoms with Crippen LogP contribution in [0, 0.1) is 12.8 Å². The molecule has 1 saturated heterocycles. The summed E-state index contributed by atoms with van der Waals surface area (Å²) in [6, 6.07) is 8.86. The van der Waals surface area contributed by atoms with Gasteiger partial charge in [0.05, 0.1) is 0 Å². The average Bonchev–Trinajstić information content (AvgIpc) is 3.48. The SMILES string of the molecule is CCNC(=NCC1CC1)NCCCN1CCN(c2cccc(C)c2)CC1. The van der Waals surface area contributed by atoms with Gasteiger partial charge in [0.1, 0.15) is 0 Å². The van der Waals surface area contributed by atoms with Crippen LogP contribution in [0.3, 0.4) is 0 Å². The summed E-state index contributed by atoms with van der Waals surface area (Å²) >= 11 is 0. The Morgan fingerprint density at radius 3 is 2.65 bits per heavy atom. The lowest BCUT2D eigenvalue weighted by molar-refractivity contribution is 0.255. The molecule has 0 amide bonds. The van der Waals surface area contributed by atoms with Crippen LogP contribution in [-0.2, 0) is 0 Å². The average molecular weight is 358 g/mol. The van der Waals surface area contributed by atoms with Gasteiger partial charge in [-0.2, -0.15) is 0 Å². The highest BCUT2D eigenvalue weighted by molar-refractivity contribution is 5.79. The highest BCUT2D eigenvalue weighted by Crippen LogP contribution is 2.28. The van der Waals surface area contributed by atoms with Crippen molar-refractivity contribution in [3.8, 4) is 0 Å². The first-order chi connectivity index (χ1) is 12.7. The van der Waals surface area contributed by atoms with Crippen LogP contribution >= 0.6 is 0 Å². The van der Waals surface area contributed by atoms with E-state index in [1.165, 1.54) is 24.1 Å². The van der Waals surface area contributed by atoms with E-state index in [2.05, 4.69) is 63.5 Å². The highest BCUT2D eigenvalue weighted by Gasteiger charge is 2.20. The van der Waals surface area contributed by atoms with Gasteiger partial charge in [0.2, 0.25) is 0 Å². The zero-order valence-electron chi connectivity index (χ0n) is 16.5. The van der Waals surface area contributed by atoms with Crippen LogP contribution in [0.25, 0.3) is 0 Å². The molecule has 1 aliphatic heterocycles. The molecular formula is C21H35N5. The largest absolute Gasteiger partial charge is 0.369 e. The predicted octanol–water partition coefficient (Wildman–Crippen LogP) is 2.47. The van der Waals surface area contributed by atoms with Gasteiger partial charge < -0.3 is 15.5 Å². The number of nitrogens with zero attached hydrogens (tertiary/aromatic N) is 3. The summed E-state index contributed by atoms with van der Waals surface area (Å²) in [5, 5.41) is 6.84. The number of nitrogens with one attached hydrogen (secondary N) is 2. The van der Waals surface area contributed by atoms with Crippen LogP contribution in [0.15, 0.2) is 29.3 Å². The molecule has 5 heteroatoms. The van der Waals surface area contributed by atoms with E-state index in [-0.39, 0.29) is 0 Å². The highest BCUT2D eigenvalue weighted by atomic mass is 15.3. The minimum absolute atomic E-state index is 0.843. The van der Waals surface area contributed by atoms with Gasteiger partial charge in [0.15, 0.2) is 5.96 Å². The second-order valence-corrected chi connectivity index (χ2v) is 7.61. The van der Waals surface area contributed by atoms with E-state index in [4.69, 9.17) is 0 Å². The summed E-state index contributed by atoms with van der Waals surface area (Å²) < 4.78 is 0. The Balaban J connectivity index is 1.32. The van der Waals surface area contributed by atoms with Crippen molar-refractivity contribution in [3.63, 3.8) is 0 Å². The third-order valence-corrected chi connectivity index (χ3v) is 5.23. The van der Waals surface area contributed by atoms with Gasteiger partial charge in [-0.3, -0.25) is 9.89 Å². The van der Waals surface area contributed by atoms with E-state index >= 15 is 0 Å². The fraction of sp³-hybridized carbons (Fsp3) is 0.667. The number of aryl methyl sites for hydroxylation is 1. The molecule has 0 bridgehead atoms. The van der Waals surface area contributed by atoms with E-state index < -0.39 is 0 Å². The molecular weight excluding hydrogens is 322 g/mol. The van der Waals surface area contributed by atoms with Crippen LogP contribution in [0.1, 0.15) is 31.7 Å². The number of hydrogen-bond acceptors (Lipinski definition) is 3. The monoisotopic (exact) mass is 357 g/mol. The summed E-state index contributed by atoms with van der Waals surface area (Å²) in [4.78, 5) is 9.78. The Bertz CT molecular complexity index is 574. The fourth-order valence-electron chi connectivity index (χ4n) is 3.43. The third kappa shape index (κ3) is 6.20. The van der Waals surface area contributed by atoms with E-state index in [9.17, 15) is 0 Å². The Hall–Kier alpha value is -1.75. The molecule has 26 heavy (non-hydrogen) atoms. The Morgan fingerprint density at radius 2 is 1.96 bits per heavy atom. The molecule has 2 aliphatic rings. The van der Waals surface area contributed by atoms with Crippen molar-refractivity contribution in [2.45, 2.75) is 33.1 Å². The number of piperazine rings is 1. The molecule has 3 rings (SSSR count). The van der Waals surface area contributed by atoms with E-state index in [0.29, 0.717) is 0 Å². The van der Waals surface area contributed by atoms with Crippen molar-refractivity contribution < 1.29 is 0 Å². The molecule has 0 atom stereocenters. The van der Waals surface area contributed by atoms with Crippen LogP contribution in [0.2, 0.25) is 0 Å². The minimum Gasteiger partial charge on any atom is -0.369 e. The zero-order valence-corrected chi connectivity index (χ0v) is 16.5.